The number of ether oxygens (including phenoxy) is 1. The quantitative estimate of drug-likeness (QED) is 0.305. The third-order valence-electron chi connectivity index (χ3n) is 2.19. The van der Waals surface area contributed by atoms with Crippen molar-refractivity contribution in [1.82, 2.24) is 10.3 Å². The van der Waals surface area contributed by atoms with Crippen molar-refractivity contribution in [1.29, 1.82) is 0 Å². The van der Waals surface area contributed by atoms with Crippen molar-refractivity contribution in [2.75, 3.05) is 25.2 Å². The highest BCUT2D eigenvalue weighted by atomic mass is 35.5. The first-order chi connectivity index (χ1) is 9.02. The van der Waals surface area contributed by atoms with Gasteiger partial charge in [0.2, 0.25) is 0 Å². The number of nitrogens with two attached hydrogens (primary N) is 1. The molecule has 0 atom stereocenters. The van der Waals surface area contributed by atoms with E-state index in [9.17, 15) is 4.79 Å². The highest BCUT2D eigenvalue weighted by Gasteiger charge is 2.08. The van der Waals surface area contributed by atoms with E-state index in [1.165, 1.54) is 12.1 Å². The Bertz CT molecular complexity index is 426. The van der Waals surface area contributed by atoms with Gasteiger partial charge >= 0.3 is 0 Å². The molecule has 0 aliphatic rings. The van der Waals surface area contributed by atoms with E-state index < -0.39 is 0 Å². The normalized spacial score (nSPS) is 10.6. The molecule has 0 aliphatic carbocycles. The molecule has 0 aromatic carbocycles. The molecule has 0 saturated heterocycles. The summed E-state index contributed by atoms with van der Waals surface area (Å²) in [7, 11) is 0. The molecule has 0 spiro atoms. The summed E-state index contributed by atoms with van der Waals surface area (Å²) in [6.07, 6.45) is 0. The van der Waals surface area contributed by atoms with Crippen molar-refractivity contribution >= 4 is 23.3 Å². The van der Waals surface area contributed by atoms with Gasteiger partial charge in [-0.25, -0.2) is 10.8 Å². The van der Waals surface area contributed by atoms with Crippen LogP contribution in [0.5, 0.6) is 0 Å². The number of hydrazine groups is 1. The molecule has 1 aromatic rings. The molecule has 4 N–H and O–H groups in total. The average molecular weight is 287 g/mol. The Morgan fingerprint density at radius 1 is 1.53 bits per heavy atom. The summed E-state index contributed by atoms with van der Waals surface area (Å²) in [5.74, 6) is 5.81. The molecular formula is C12H19ClN4O2. The number of amides is 1. The molecule has 19 heavy (non-hydrogen) atoms. The summed E-state index contributed by atoms with van der Waals surface area (Å²) in [6.45, 7) is 5.73. The number of hydrogen-bond acceptors (Lipinski definition) is 5. The molecular weight excluding hydrogens is 268 g/mol. The number of anilines is 1. The van der Waals surface area contributed by atoms with Gasteiger partial charge < -0.3 is 15.5 Å². The zero-order chi connectivity index (χ0) is 14.3. The van der Waals surface area contributed by atoms with Crippen LogP contribution < -0.4 is 16.6 Å². The second-order valence-corrected chi connectivity index (χ2v) is 4.82. The van der Waals surface area contributed by atoms with Crippen LogP contribution in [0.2, 0.25) is 5.15 Å². The van der Waals surface area contributed by atoms with Gasteiger partial charge in [0.25, 0.3) is 5.91 Å². The maximum absolute atomic E-state index is 11.8. The molecule has 1 heterocycles. The van der Waals surface area contributed by atoms with Crippen LogP contribution in [0.4, 0.5) is 5.82 Å². The molecule has 0 bridgehead atoms. The monoisotopic (exact) mass is 286 g/mol. The molecule has 0 aliphatic heterocycles. The van der Waals surface area contributed by atoms with Crippen molar-refractivity contribution in [3.8, 4) is 0 Å². The predicted octanol–water partition coefficient (Wildman–Crippen LogP) is 1.42. The molecule has 1 aromatic heterocycles. The van der Waals surface area contributed by atoms with E-state index in [2.05, 4.69) is 29.6 Å². The van der Waals surface area contributed by atoms with Gasteiger partial charge in [0, 0.05) is 18.7 Å². The van der Waals surface area contributed by atoms with Crippen LogP contribution >= 0.6 is 11.6 Å². The van der Waals surface area contributed by atoms with Crippen molar-refractivity contribution in [3.63, 3.8) is 0 Å². The van der Waals surface area contributed by atoms with E-state index in [1.807, 2.05) is 0 Å². The van der Waals surface area contributed by atoms with Crippen LogP contribution in [0, 0.1) is 5.92 Å². The lowest BCUT2D eigenvalue weighted by Gasteiger charge is -2.09. The number of carbonyl (C=O) groups excluding carboxylic acids is 1. The molecule has 0 radical (unpaired) electrons. The third kappa shape index (κ3) is 5.87. The summed E-state index contributed by atoms with van der Waals surface area (Å²) < 4.78 is 5.36. The maximum atomic E-state index is 11.8. The Morgan fingerprint density at radius 2 is 2.26 bits per heavy atom. The van der Waals surface area contributed by atoms with Crippen molar-refractivity contribution in [3.05, 3.63) is 22.8 Å². The minimum absolute atomic E-state index is 0.205. The standard InChI is InChI=1S/C12H19ClN4O2/c1-8(2)7-19-4-3-15-12(18)9-5-10(13)16-11(6-9)17-14/h5-6,8H,3-4,7,14H2,1-2H3,(H,15,18)(H,16,17). The smallest absolute Gasteiger partial charge is 0.251 e. The molecule has 0 saturated carbocycles. The van der Waals surface area contributed by atoms with Gasteiger partial charge in [-0.3, -0.25) is 4.79 Å². The van der Waals surface area contributed by atoms with Crippen LogP contribution in [0.15, 0.2) is 12.1 Å². The van der Waals surface area contributed by atoms with Gasteiger partial charge in [0.1, 0.15) is 11.0 Å². The van der Waals surface area contributed by atoms with Gasteiger partial charge in [0.05, 0.1) is 6.61 Å². The van der Waals surface area contributed by atoms with Crippen molar-refractivity contribution in [2.24, 2.45) is 11.8 Å². The van der Waals surface area contributed by atoms with E-state index >= 15 is 0 Å². The number of carbonyl (C=O) groups is 1. The molecule has 7 heteroatoms. The van der Waals surface area contributed by atoms with Crippen LogP contribution in [0.3, 0.4) is 0 Å². The molecule has 0 fully saturated rings. The van der Waals surface area contributed by atoms with Crippen LogP contribution in [-0.4, -0.2) is 30.6 Å². The molecule has 1 amide bonds. The van der Waals surface area contributed by atoms with E-state index in [4.69, 9.17) is 22.2 Å². The third-order valence-corrected chi connectivity index (χ3v) is 2.38. The Morgan fingerprint density at radius 3 is 2.89 bits per heavy atom. The van der Waals surface area contributed by atoms with Gasteiger partial charge in [-0.05, 0) is 18.1 Å². The number of rotatable bonds is 7. The summed E-state index contributed by atoms with van der Waals surface area (Å²) >= 11 is 5.78. The lowest BCUT2D eigenvalue weighted by Crippen LogP contribution is -2.28. The first kappa shape index (κ1) is 15.7. The zero-order valence-corrected chi connectivity index (χ0v) is 11.8. The number of nitrogens with one attached hydrogen (secondary N) is 2. The fourth-order valence-electron chi connectivity index (χ4n) is 1.36. The second-order valence-electron chi connectivity index (χ2n) is 4.43. The first-order valence-electron chi connectivity index (χ1n) is 6.03. The molecule has 0 unspecified atom stereocenters. The fraction of sp³-hybridized carbons (Fsp3) is 0.500. The van der Waals surface area contributed by atoms with Gasteiger partial charge in [0.15, 0.2) is 0 Å². The Hall–Kier alpha value is -1.37. The SMILES string of the molecule is CC(C)COCCNC(=O)c1cc(Cl)nc(NN)c1. The predicted molar refractivity (Wildman–Crippen MR) is 75.0 cm³/mol. The van der Waals surface area contributed by atoms with E-state index in [1.54, 1.807) is 0 Å². The largest absolute Gasteiger partial charge is 0.379 e. The molecule has 106 valence electrons. The van der Waals surface area contributed by atoms with Crippen LogP contribution in [0.1, 0.15) is 24.2 Å². The zero-order valence-electron chi connectivity index (χ0n) is 11.1. The Labute approximate surface area is 117 Å². The lowest BCUT2D eigenvalue weighted by atomic mass is 10.2. The van der Waals surface area contributed by atoms with E-state index in [-0.39, 0.29) is 11.1 Å². The molecule has 6 nitrogen and oxygen atoms in total. The highest BCUT2D eigenvalue weighted by Crippen LogP contribution is 2.13. The Balaban J connectivity index is 2.43. The Kier molecular flexibility index (Phi) is 6.55. The highest BCUT2D eigenvalue weighted by molar-refractivity contribution is 6.29. The minimum atomic E-state index is -0.242. The maximum Gasteiger partial charge on any atom is 0.251 e. The van der Waals surface area contributed by atoms with E-state index in [0.29, 0.717) is 37.1 Å². The van der Waals surface area contributed by atoms with Gasteiger partial charge in [-0.2, -0.15) is 0 Å². The van der Waals surface area contributed by atoms with E-state index in [0.717, 1.165) is 0 Å². The van der Waals surface area contributed by atoms with Gasteiger partial charge in [-0.15, -0.1) is 0 Å². The second kappa shape index (κ2) is 7.93. The summed E-state index contributed by atoms with van der Waals surface area (Å²) in [5.41, 5.74) is 2.75. The van der Waals surface area contributed by atoms with Crippen molar-refractivity contribution in [2.45, 2.75) is 13.8 Å². The average Bonchev–Trinajstić information content (AvgIpc) is 2.36. The summed E-state index contributed by atoms with van der Waals surface area (Å²) in [5, 5.41) is 2.94. The lowest BCUT2D eigenvalue weighted by molar-refractivity contribution is 0.0886. The number of pyridine rings is 1. The number of hydrogen-bond donors (Lipinski definition) is 3. The number of nitrogens with zero attached hydrogens (tertiary/aromatic N) is 1. The molecule has 1 rings (SSSR count). The summed E-state index contributed by atoms with van der Waals surface area (Å²) in [6, 6.07) is 3.00. The van der Waals surface area contributed by atoms with Gasteiger partial charge in [-0.1, -0.05) is 25.4 Å². The minimum Gasteiger partial charge on any atom is -0.379 e. The van der Waals surface area contributed by atoms with Crippen molar-refractivity contribution < 1.29 is 9.53 Å². The van der Waals surface area contributed by atoms with Crippen LogP contribution in [-0.2, 0) is 4.74 Å². The number of halogens is 1. The number of nitrogen functional groups attached to an aromatic ring is 1. The van der Waals surface area contributed by atoms with Crippen LogP contribution in [0.25, 0.3) is 0 Å². The number of aromatic nitrogens is 1. The summed E-state index contributed by atoms with van der Waals surface area (Å²) in [4.78, 5) is 15.7. The first-order valence-corrected chi connectivity index (χ1v) is 6.41. The fourth-order valence-corrected chi connectivity index (χ4v) is 1.57. The topological polar surface area (TPSA) is 89.3 Å².